The summed E-state index contributed by atoms with van der Waals surface area (Å²) in [5.41, 5.74) is 2.23. The van der Waals surface area contributed by atoms with Crippen LogP contribution >= 0.6 is 11.6 Å². The molecule has 6 nitrogen and oxygen atoms in total. The Morgan fingerprint density at radius 2 is 1.27 bits per heavy atom. The Balaban J connectivity index is 1.69. The van der Waals surface area contributed by atoms with Crippen LogP contribution in [0.15, 0.2) is 114 Å². The molecule has 0 saturated heterocycles. The monoisotopic (exact) mass is 534 g/mol. The van der Waals surface area contributed by atoms with Crippen LogP contribution in [-0.2, 0) is 27.9 Å². The molecule has 0 fully saturated rings. The zero-order valence-electron chi connectivity index (χ0n) is 20.3. The number of methoxy groups -OCH3 is 1. The van der Waals surface area contributed by atoms with Crippen molar-refractivity contribution >= 4 is 33.2 Å². The van der Waals surface area contributed by atoms with Crippen molar-refractivity contribution in [1.82, 2.24) is 4.90 Å². The summed E-state index contributed by atoms with van der Waals surface area (Å²) in [6.45, 7) is 0.298. The predicted molar refractivity (Wildman–Crippen MR) is 146 cm³/mol. The minimum absolute atomic E-state index is 0.0497. The number of hydrogen-bond acceptors (Lipinski definition) is 4. The minimum Gasteiger partial charge on any atom is -0.497 e. The first-order valence-electron chi connectivity index (χ1n) is 11.6. The Labute approximate surface area is 222 Å². The topological polar surface area (TPSA) is 66.9 Å². The van der Waals surface area contributed by atoms with Gasteiger partial charge in [0.1, 0.15) is 12.3 Å². The molecule has 0 spiro atoms. The van der Waals surface area contributed by atoms with Crippen LogP contribution in [-0.4, -0.2) is 32.9 Å². The summed E-state index contributed by atoms with van der Waals surface area (Å²) in [6, 6.07) is 31.7. The average Bonchev–Trinajstić information content (AvgIpc) is 2.93. The average molecular weight is 535 g/mol. The highest BCUT2D eigenvalue weighted by Gasteiger charge is 2.29. The molecule has 0 saturated carbocycles. The fourth-order valence-corrected chi connectivity index (χ4v) is 5.40. The van der Waals surface area contributed by atoms with E-state index in [1.54, 1.807) is 41.3 Å². The molecule has 0 radical (unpaired) electrons. The molecule has 0 unspecified atom stereocenters. The van der Waals surface area contributed by atoms with E-state index in [1.807, 2.05) is 60.7 Å². The lowest BCUT2D eigenvalue weighted by atomic mass is 10.1. The number of sulfonamides is 1. The highest BCUT2D eigenvalue weighted by atomic mass is 35.5. The maximum atomic E-state index is 13.8. The van der Waals surface area contributed by atoms with Crippen LogP contribution in [0.1, 0.15) is 11.1 Å². The molecule has 0 aliphatic carbocycles. The van der Waals surface area contributed by atoms with E-state index in [2.05, 4.69) is 0 Å². The normalized spacial score (nSPS) is 11.1. The molecule has 0 N–H and O–H groups in total. The minimum atomic E-state index is -4.08. The van der Waals surface area contributed by atoms with Gasteiger partial charge < -0.3 is 9.64 Å². The Morgan fingerprint density at radius 1 is 0.757 bits per heavy atom. The molecule has 37 heavy (non-hydrogen) atoms. The molecule has 0 aliphatic rings. The number of carbonyl (C=O) groups is 1. The van der Waals surface area contributed by atoms with Gasteiger partial charge in [-0.2, -0.15) is 0 Å². The van der Waals surface area contributed by atoms with Gasteiger partial charge >= 0.3 is 0 Å². The van der Waals surface area contributed by atoms with Gasteiger partial charge in [-0.3, -0.25) is 9.10 Å². The lowest BCUT2D eigenvalue weighted by Crippen LogP contribution is -2.42. The summed E-state index contributed by atoms with van der Waals surface area (Å²) in [6.07, 6.45) is 0. The Kier molecular flexibility index (Phi) is 8.48. The first-order chi connectivity index (χ1) is 17.9. The van der Waals surface area contributed by atoms with Gasteiger partial charge in [0.2, 0.25) is 5.91 Å². The summed E-state index contributed by atoms with van der Waals surface area (Å²) in [7, 11) is -2.57. The summed E-state index contributed by atoms with van der Waals surface area (Å²) in [4.78, 5) is 15.5. The van der Waals surface area contributed by atoms with Crippen molar-refractivity contribution in [2.45, 2.75) is 18.0 Å². The van der Waals surface area contributed by atoms with E-state index in [-0.39, 0.29) is 17.3 Å². The quantitative estimate of drug-likeness (QED) is 0.259. The molecule has 0 aromatic heterocycles. The van der Waals surface area contributed by atoms with Gasteiger partial charge in [-0.15, -0.1) is 0 Å². The number of hydrogen-bond donors (Lipinski definition) is 0. The third-order valence-electron chi connectivity index (χ3n) is 5.83. The van der Waals surface area contributed by atoms with E-state index in [0.29, 0.717) is 29.5 Å². The number of ether oxygens (including phenoxy) is 1. The second kappa shape index (κ2) is 12.0. The van der Waals surface area contributed by atoms with Crippen molar-refractivity contribution in [2.24, 2.45) is 0 Å². The van der Waals surface area contributed by atoms with Gasteiger partial charge in [0.15, 0.2) is 0 Å². The molecule has 190 valence electrons. The molecular formula is C29H27ClN2O4S. The van der Waals surface area contributed by atoms with Crippen molar-refractivity contribution in [3.05, 3.63) is 125 Å². The van der Waals surface area contributed by atoms with Crippen LogP contribution in [0, 0.1) is 0 Å². The summed E-state index contributed by atoms with van der Waals surface area (Å²) in [5, 5.41) is 0.464. The fourth-order valence-electron chi connectivity index (χ4n) is 3.86. The second-order valence-corrected chi connectivity index (χ2v) is 10.7. The van der Waals surface area contributed by atoms with Crippen molar-refractivity contribution < 1.29 is 17.9 Å². The molecule has 8 heteroatoms. The zero-order chi connectivity index (χ0) is 26.3. The Hall–Kier alpha value is -3.81. The standard InChI is InChI=1S/C29H27ClN2O4S/c1-36-27-16-18-28(19-17-27)37(34,35)32(26-14-12-25(30)13-15-26)22-29(33)31(20-23-8-4-2-5-9-23)21-24-10-6-3-7-11-24/h2-19H,20-22H2,1H3. The predicted octanol–water partition coefficient (Wildman–Crippen LogP) is 5.77. The molecule has 1 amide bonds. The number of halogens is 1. The third kappa shape index (κ3) is 6.70. The second-order valence-electron chi connectivity index (χ2n) is 8.38. The first kappa shape index (κ1) is 26.3. The van der Waals surface area contributed by atoms with E-state index in [4.69, 9.17) is 16.3 Å². The highest BCUT2D eigenvalue weighted by molar-refractivity contribution is 7.92. The van der Waals surface area contributed by atoms with Gasteiger partial charge in [0.25, 0.3) is 10.0 Å². The molecular weight excluding hydrogens is 508 g/mol. The maximum Gasteiger partial charge on any atom is 0.264 e. The molecule has 0 heterocycles. The molecule has 4 rings (SSSR count). The van der Waals surface area contributed by atoms with Gasteiger partial charge in [-0.05, 0) is 59.7 Å². The van der Waals surface area contributed by atoms with Crippen LogP contribution in [0.5, 0.6) is 5.75 Å². The van der Waals surface area contributed by atoms with E-state index in [9.17, 15) is 13.2 Å². The van der Waals surface area contributed by atoms with Crippen molar-refractivity contribution in [2.75, 3.05) is 18.0 Å². The Bertz CT molecular complexity index is 1370. The van der Waals surface area contributed by atoms with E-state index >= 15 is 0 Å². The lowest BCUT2D eigenvalue weighted by molar-refractivity contribution is -0.130. The molecule has 0 atom stereocenters. The molecule has 4 aromatic carbocycles. The van der Waals surface area contributed by atoms with Gasteiger partial charge in [0, 0.05) is 18.1 Å². The van der Waals surface area contributed by atoms with E-state index in [0.717, 1.165) is 15.4 Å². The van der Waals surface area contributed by atoms with Crippen molar-refractivity contribution in [3.63, 3.8) is 0 Å². The summed E-state index contributed by atoms with van der Waals surface area (Å²) >= 11 is 6.06. The summed E-state index contributed by atoms with van der Waals surface area (Å²) < 4.78 is 33.8. The van der Waals surface area contributed by atoms with Crippen LogP contribution < -0.4 is 9.04 Å². The van der Waals surface area contributed by atoms with Crippen LogP contribution in [0.4, 0.5) is 5.69 Å². The molecule has 0 aliphatic heterocycles. The number of carbonyl (C=O) groups excluding carboxylic acids is 1. The zero-order valence-corrected chi connectivity index (χ0v) is 21.9. The number of rotatable bonds is 10. The number of anilines is 1. The van der Waals surface area contributed by atoms with Crippen LogP contribution in [0.3, 0.4) is 0 Å². The van der Waals surface area contributed by atoms with Crippen LogP contribution in [0.2, 0.25) is 5.02 Å². The number of amides is 1. The number of benzene rings is 4. The SMILES string of the molecule is COc1ccc(S(=O)(=O)N(CC(=O)N(Cc2ccccc2)Cc2ccccc2)c2ccc(Cl)cc2)cc1. The van der Waals surface area contributed by atoms with Crippen LogP contribution in [0.25, 0.3) is 0 Å². The van der Waals surface area contributed by atoms with Gasteiger partial charge in [-0.25, -0.2) is 8.42 Å². The third-order valence-corrected chi connectivity index (χ3v) is 7.87. The summed E-state index contributed by atoms with van der Waals surface area (Å²) in [5.74, 6) is 0.199. The van der Waals surface area contributed by atoms with Crippen molar-refractivity contribution in [1.29, 1.82) is 0 Å². The van der Waals surface area contributed by atoms with Gasteiger partial charge in [-0.1, -0.05) is 72.3 Å². The first-order valence-corrected chi connectivity index (χ1v) is 13.5. The molecule has 0 bridgehead atoms. The largest absolute Gasteiger partial charge is 0.497 e. The smallest absolute Gasteiger partial charge is 0.264 e. The highest BCUT2D eigenvalue weighted by Crippen LogP contribution is 2.27. The fraction of sp³-hybridized carbons (Fsp3) is 0.138. The van der Waals surface area contributed by atoms with Crippen molar-refractivity contribution in [3.8, 4) is 5.75 Å². The lowest BCUT2D eigenvalue weighted by Gasteiger charge is -2.29. The number of nitrogens with zero attached hydrogens (tertiary/aromatic N) is 2. The maximum absolute atomic E-state index is 13.8. The van der Waals surface area contributed by atoms with E-state index < -0.39 is 10.0 Å². The van der Waals surface area contributed by atoms with Gasteiger partial charge in [0.05, 0.1) is 17.7 Å². The molecule has 4 aromatic rings. The Morgan fingerprint density at radius 3 is 1.76 bits per heavy atom. The van der Waals surface area contributed by atoms with E-state index in [1.165, 1.54) is 19.2 Å².